The molecule has 1 aliphatic rings. The molecule has 4 nitrogen and oxygen atoms in total. The van der Waals surface area contributed by atoms with Crippen LogP contribution in [-0.2, 0) is 16.1 Å². The highest BCUT2D eigenvalue weighted by Crippen LogP contribution is 2.21. The first kappa shape index (κ1) is 14.3. The summed E-state index contributed by atoms with van der Waals surface area (Å²) in [4.78, 5) is 13.9. The maximum Gasteiger partial charge on any atom is 0.249 e. The van der Waals surface area contributed by atoms with Gasteiger partial charge in [0, 0.05) is 11.6 Å². The van der Waals surface area contributed by atoms with Crippen LogP contribution in [-0.4, -0.2) is 36.6 Å². The number of halogens is 1. The summed E-state index contributed by atoms with van der Waals surface area (Å²) in [5, 5.41) is 0.694. The third-order valence-corrected chi connectivity index (χ3v) is 3.71. The van der Waals surface area contributed by atoms with Crippen molar-refractivity contribution >= 4 is 17.5 Å². The number of morpholine rings is 1. The Hall–Kier alpha value is -1.10. The number of nitrogens with zero attached hydrogens (tertiary/aromatic N) is 1. The van der Waals surface area contributed by atoms with E-state index in [0.29, 0.717) is 24.7 Å². The summed E-state index contributed by atoms with van der Waals surface area (Å²) >= 11 is 6.15. The van der Waals surface area contributed by atoms with E-state index in [1.807, 2.05) is 29.2 Å². The van der Waals surface area contributed by atoms with Gasteiger partial charge in [-0.1, -0.05) is 29.8 Å². The second kappa shape index (κ2) is 6.89. The highest BCUT2D eigenvalue weighted by atomic mass is 35.5. The number of carbonyl (C=O) groups excluding carboxylic acids is 1. The van der Waals surface area contributed by atoms with Gasteiger partial charge in [0.1, 0.15) is 6.61 Å². The first-order chi connectivity index (χ1) is 9.22. The standard InChI is InChI=1S/C14H19ClN2O2/c15-13-6-2-1-4-11(13)8-17-12(5-3-7-16)9-19-10-14(17)18/h1-2,4,6,12H,3,5,7-10,16H2. The van der Waals surface area contributed by atoms with Gasteiger partial charge in [-0.3, -0.25) is 4.79 Å². The molecule has 1 amide bonds. The van der Waals surface area contributed by atoms with Crippen molar-refractivity contribution in [2.45, 2.75) is 25.4 Å². The molecule has 0 radical (unpaired) electrons. The molecule has 0 spiro atoms. The summed E-state index contributed by atoms with van der Waals surface area (Å²) in [5.74, 6) is 0.0215. The van der Waals surface area contributed by atoms with Gasteiger partial charge in [-0.25, -0.2) is 0 Å². The number of benzene rings is 1. The van der Waals surface area contributed by atoms with Gasteiger partial charge < -0.3 is 15.4 Å². The monoisotopic (exact) mass is 282 g/mol. The molecule has 1 saturated heterocycles. The van der Waals surface area contributed by atoms with Gasteiger partial charge >= 0.3 is 0 Å². The third kappa shape index (κ3) is 3.69. The average Bonchev–Trinajstić information content (AvgIpc) is 2.41. The molecule has 2 rings (SSSR count). The Morgan fingerprint density at radius 2 is 2.21 bits per heavy atom. The van der Waals surface area contributed by atoms with Crippen LogP contribution < -0.4 is 5.73 Å². The highest BCUT2D eigenvalue weighted by Gasteiger charge is 2.28. The molecule has 1 atom stereocenters. The van der Waals surface area contributed by atoms with Crippen molar-refractivity contribution in [1.82, 2.24) is 4.90 Å². The Kier molecular flexibility index (Phi) is 5.19. The fraction of sp³-hybridized carbons (Fsp3) is 0.500. The number of carbonyl (C=O) groups is 1. The van der Waals surface area contributed by atoms with Crippen LogP contribution in [0.15, 0.2) is 24.3 Å². The first-order valence-corrected chi connectivity index (χ1v) is 6.91. The number of ether oxygens (including phenoxy) is 1. The zero-order chi connectivity index (χ0) is 13.7. The molecule has 1 aliphatic heterocycles. The largest absolute Gasteiger partial charge is 0.369 e. The Labute approximate surface area is 118 Å². The quantitative estimate of drug-likeness (QED) is 0.896. The summed E-state index contributed by atoms with van der Waals surface area (Å²) in [5.41, 5.74) is 6.51. The number of nitrogens with two attached hydrogens (primary N) is 1. The molecule has 19 heavy (non-hydrogen) atoms. The molecule has 0 aliphatic carbocycles. The molecule has 5 heteroatoms. The lowest BCUT2D eigenvalue weighted by molar-refractivity contribution is -0.149. The van der Waals surface area contributed by atoms with E-state index in [1.165, 1.54) is 0 Å². The van der Waals surface area contributed by atoms with Gasteiger partial charge in [-0.05, 0) is 31.0 Å². The third-order valence-electron chi connectivity index (χ3n) is 3.34. The Balaban J connectivity index is 2.09. The smallest absolute Gasteiger partial charge is 0.249 e. The van der Waals surface area contributed by atoms with Crippen molar-refractivity contribution in [2.24, 2.45) is 5.73 Å². The van der Waals surface area contributed by atoms with Crippen LogP contribution in [0.5, 0.6) is 0 Å². The minimum absolute atomic E-state index is 0.0215. The van der Waals surface area contributed by atoms with Crippen molar-refractivity contribution in [1.29, 1.82) is 0 Å². The lowest BCUT2D eigenvalue weighted by Gasteiger charge is -2.35. The van der Waals surface area contributed by atoms with E-state index in [-0.39, 0.29) is 18.6 Å². The zero-order valence-corrected chi connectivity index (χ0v) is 11.6. The van der Waals surface area contributed by atoms with Crippen molar-refractivity contribution in [3.05, 3.63) is 34.9 Å². The van der Waals surface area contributed by atoms with Gasteiger partial charge in [-0.15, -0.1) is 0 Å². The van der Waals surface area contributed by atoms with Crippen molar-refractivity contribution in [3.63, 3.8) is 0 Å². The van der Waals surface area contributed by atoms with Crippen molar-refractivity contribution in [3.8, 4) is 0 Å². The van der Waals surface area contributed by atoms with Crippen LogP contribution in [0.3, 0.4) is 0 Å². The summed E-state index contributed by atoms with van der Waals surface area (Å²) in [7, 11) is 0. The molecule has 1 aromatic rings. The summed E-state index contributed by atoms with van der Waals surface area (Å²) in [6, 6.07) is 7.71. The van der Waals surface area contributed by atoms with Gasteiger partial charge in [0.2, 0.25) is 5.91 Å². The molecule has 104 valence electrons. The van der Waals surface area contributed by atoms with Crippen LogP contribution in [0.4, 0.5) is 0 Å². The molecular formula is C14H19ClN2O2. The topological polar surface area (TPSA) is 55.6 Å². The second-order valence-corrected chi connectivity index (χ2v) is 5.12. The molecule has 1 aromatic carbocycles. The second-order valence-electron chi connectivity index (χ2n) is 4.71. The molecule has 1 unspecified atom stereocenters. The summed E-state index contributed by atoms with van der Waals surface area (Å²) in [6.07, 6.45) is 1.76. The molecule has 0 aromatic heterocycles. The van der Waals surface area contributed by atoms with Crippen molar-refractivity contribution < 1.29 is 9.53 Å². The number of rotatable bonds is 5. The lowest BCUT2D eigenvalue weighted by Crippen LogP contribution is -2.49. The van der Waals surface area contributed by atoms with E-state index in [9.17, 15) is 4.79 Å². The normalized spacial score (nSPS) is 19.8. The predicted molar refractivity (Wildman–Crippen MR) is 74.9 cm³/mol. The van der Waals surface area contributed by atoms with E-state index in [0.717, 1.165) is 18.4 Å². The van der Waals surface area contributed by atoms with E-state index >= 15 is 0 Å². The van der Waals surface area contributed by atoms with Crippen LogP contribution >= 0.6 is 11.6 Å². The molecule has 1 fully saturated rings. The molecule has 0 saturated carbocycles. The van der Waals surface area contributed by atoms with Crippen LogP contribution in [0.1, 0.15) is 18.4 Å². The zero-order valence-electron chi connectivity index (χ0n) is 10.8. The number of hydrogen-bond donors (Lipinski definition) is 1. The number of amides is 1. The van der Waals surface area contributed by atoms with Crippen LogP contribution in [0.2, 0.25) is 5.02 Å². The van der Waals surface area contributed by atoms with Gasteiger partial charge in [0.05, 0.1) is 12.6 Å². The highest BCUT2D eigenvalue weighted by molar-refractivity contribution is 6.31. The minimum atomic E-state index is 0.0215. The average molecular weight is 283 g/mol. The van der Waals surface area contributed by atoms with Gasteiger partial charge in [0.25, 0.3) is 0 Å². The molecular weight excluding hydrogens is 264 g/mol. The van der Waals surface area contributed by atoms with Gasteiger partial charge in [-0.2, -0.15) is 0 Å². The van der Waals surface area contributed by atoms with Gasteiger partial charge in [0.15, 0.2) is 0 Å². The Bertz CT molecular complexity index is 439. The summed E-state index contributed by atoms with van der Waals surface area (Å²) in [6.45, 7) is 1.90. The Morgan fingerprint density at radius 1 is 1.42 bits per heavy atom. The lowest BCUT2D eigenvalue weighted by atomic mass is 10.1. The van der Waals surface area contributed by atoms with E-state index in [4.69, 9.17) is 22.1 Å². The fourth-order valence-electron chi connectivity index (χ4n) is 2.28. The van der Waals surface area contributed by atoms with Crippen LogP contribution in [0, 0.1) is 0 Å². The van der Waals surface area contributed by atoms with E-state index < -0.39 is 0 Å². The molecule has 1 heterocycles. The SMILES string of the molecule is NCCCC1COCC(=O)N1Cc1ccccc1Cl. The predicted octanol–water partition coefficient (Wildman–Crippen LogP) is 1.81. The fourth-order valence-corrected chi connectivity index (χ4v) is 2.47. The number of hydrogen-bond acceptors (Lipinski definition) is 3. The van der Waals surface area contributed by atoms with E-state index in [2.05, 4.69) is 0 Å². The maximum absolute atomic E-state index is 12.0. The van der Waals surface area contributed by atoms with Crippen LogP contribution in [0.25, 0.3) is 0 Å². The summed E-state index contributed by atoms with van der Waals surface area (Å²) < 4.78 is 5.32. The Morgan fingerprint density at radius 3 is 2.95 bits per heavy atom. The minimum Gasteiger partial charge on any atom is -0.369 e. The molecule has 0 bridgehead atoms. The van der Waals surface area contributed by atoms with Crippen molar-refractivity contribution in [2.75, 3.05) is 19.8 Å². The molecule has 2 N–H and O–H groups in total. The maximum atomic E-state index is 12.0. The van der Waals surface area contributed by atoms with E-state index in [1.54, 1.807) is 0 Å². The first-order valence-electron chi connectivity index (χ1n) is 6.53.